The molecule has 0 aliphatic rings. The molecule has 0 fully saturated rings. The Morgan fingerprint density at radius 3 is 2.85 bits per heavy atom. The van der Waals surface area contributed by atoms with Crippen LogP contribution in [0.25, 0.3) is 0 Å². The van der Waals surface area contributed by atoms with Gasteiger partial charge in [0.05, 0.1) is 6.61 Å². The molecule has 1 N–H and O–H groups in total. The van der Waals surface area contributed by atoms with Crippen LogP contribution in [-0.4, -0.2) is 22.5 Å². The molecular formula is C14H14BrN3O2. The third-order valence-corrected chi connectivity index (χ3v) is 3.10. The van der Waals surface area contributed by atoms with Crippen molar-refractivity contribution in [3.8, 4) is 5.88 Å². The van der Waals surface area contributed by atoms with Gasteiger partial charge in [-0.05, 0) is 37.6 Å². The average molecular weight is 336 g/mol. The van der Waals surface area contributed by atoms with E-state index >= 15 is 0 Å². The Kier molecular flexibility index (Phi) is 4.68. The lowest BCUT2D eigenvalue weighted by atomic mass is 10.2. The Morgan fingerprint density at radius 2 is 2.15 bits per heavy atom. The molecule has 1 heterocycles. The SMILES string of the molecule is CCOc1cc(C(=O)Nc2ccc(Br)cc2C)ncn1. The van der Waals surface area contributed by atoms with Gasteiger partial charge in [0.2, 0.25) is 5.88 Å². The van der Waals surface area contributed by atoms with E-state index in [9.17, 15) is 4.79 Å². The van der Waals surface area contributed by atoms with Crippen molar-refractivity contribution < 1.29 is 9.53 Å². The van der Waals surface area contributed by atoms with Crippen LogP contribution in [0.2, 0.25) is 0 Å². The zero-order valence-electron chi connectivity index (χ0n) is 11.2. The van der Waals surface area contributed by atoms with Crippen molar-refractivity contribution in [2.45, 2.75) is 13.8 Å². The largest absolute Gasteiger partial charge is 0.478 e. The van der Waals surface area contributed by atoms with Crippen molar-refractivity contribution in [1.29, 1.82) is 0 Å². The van der Waals surface area contributed by atoms with Gasteiger partial charge in [-0.2, -0.15) is 0 Å². The van der Waals surface area contributed by atoms with Crippen LogP contribution in [0.4, 0.5) is 5.69 Å². The predicted octanol–water partition coefficient (Wildman–Crippen LogP) is 3.20. The number of hydrogen-bond donors (Lipinski definition) is 1. The number of ether oxygens (including phenoxy) is 1. The number of benzene rings is 1. The molecule has 0 unspecified atom stereocenters. The molecule has 20 heavy (non-hydrogen) atoms. The van der Waals surface area contributed by atoms with Gasteiger partial charge in [0.25, 0.3) is 5.91 Å². The molecule has 2 rings (SSSR count). The van der Waals surface area contributed by atoms with Gasteiger partial charge in [0, 0.05) is 16.2 Å². The van der Waals surface area contributed by atoms with Crippen LogP contribution in [0.5, 0.6) is 5.88 Å². The second kappa shape index (κ2) is 6.47. The number of aromatic nitrogens is 2. The fraction of sp³-hybridized carbons (Fsp3) is 0.214. The minimum absolute atomic E-state index is 0.269. The molecule has 1 amide bonds. The molecule has 0 atom stereocenters. The Hall–Kier alpha value is -1.95. The highest BCUT2D eigenvalue weighted by Gasteiger charge is 2.11. The summed E-state index contributed by atoms with van der Waals surface area (Å²) >= 11 is 3.38. The van der Waals surface area contributed by atoms with Crippen LogP contribution in [0.1, 0.15) is 23.0 Å². The van der Waals surface area contributed by atoms with E-state index in [0.717, 1.165) is 15.7 Å². The molecule has 0 bridgehead atoms. The number of halogens is 1. The Labute approximate surface area is 125 Å². The zero-order valence-corrected chi connectivity index (χ0v) is 12.8. The highest BCUT2D eigenvalue weighted by Crippen LogP contribution is 2.20. The van der Waals surface area contributed by atoms with E-state index in [1.807, 2.05) is 32.0 Å². The fourth-order valence-corrected chi connectivity index (χ4v) is 2.12. The number of carbonyl (C=O) groups excluding carboxylic acids is 1. The van der Waals surface area contributed by atoms with Crippen molar-refractivity contribution >= 4 is 27.5 Å². The minimum Gasteiger partial charge on any atom is -0.478 e. The summed E-state index contributed by atoms with van der Waals surface area (Å²) in [6.07, 6.45) is 1.31. The summed E-state index contributed by atoms with van der Waals surface area (Å²) in [5.74, 6) is 0.0963. The Balaban J connectivity index is 2.17. The average Bonchev–Trinajstić information content (AvgIpc) is 2.42. The summed E-state index contributed by atoms with van der Waals surface area (Å²) in [4.78, 5) is 20.0. The summed E-state index contributed by atoms with van der Waals surface area (Å²) in [6, 6.07) is 7.16. The van der Waals surface area contributed by atoms with E-state index in [-0.39, 0.29) is 11.6 Å². The quantitative estimate of drug-likeness (QED) is 0.931. The molecule has 0 aliphatic heterocycles. The van der Waals surface area contributed by atoms with Crippen molar-refractivity contribution in [1.82, 2.24) is 9.97 Å². The molecule has 6 heteroatoms. The standard InChI is InChI=1S/C14H14BrN3O2/c1-3-20-13-7-12(16-8-17-13)14(19)18-11-5-4-10(15)6-9(11)2/h4-8H,3H2,1-2H3,(H,18,19). The first-order valence-corrected chi connectivity index (χ1v) is 6.92. The number of rotatable bonds is 4. The van der Waals surface area contributed by atoms with Crippen LogP contribution in [0.15, 0.2) is 35.1 Å². The van der Waals surface area contributed by atoms with Crippen LogP contribution < -0.4 is 10.1 Å². The number of anilines is 1. The molecule has 0 saturated carbocycles. The topological polar surface area (TPSA) is 64.1 Å². The van der Waals surface area contributed by atoms with Gasteiger partial charge in [-0.3, -0.25) is 4.79 Å². The highest BCUT2D eigenvalue weighted by atomic mass is 79.9. The molecule has 1 aromatic heterocycles. The minimum atomic E-state index is -0.293. The Morgan fingerprint density at radius 1 is 1.35 bits per heavy atom. The number of nitrogens with one attached hydrogen (secondary N) is 1. The van der Waals surface area contributed by atoms with Crippen molar-refractivity contribution in [2.24, 2.45) is 0 Å². The van der Waals surface area contributed by atoms with E-state index in [1.54, 1.807) is 0 Å². The lowest BCUT2D eigenvalue weighted by molar-refractivity contribution is 0.102. The monoisotopic (exact) mass is 335 g/mol. The zero-order chi connectivity index (χ0) is 14.5. The van der Waals surface area contributed by atoms with Gasteiger partial charge in [0.15, 0.2) is 0 Å². The van der Waals surface area contributed by atoms with Crippen molar-refractivity contribution in [3.05, 3.63) is 46.3 Å². The molecule has 0 saturated heterocycles. The number of aryl methyl sites for hydroxylation is 1. The van der Waals surface area contributed by atoms with Gasteiger partial charge in [0.1, 0.15) is 12.0 Å². The Bertz CT molecular complexity index is 632. The van der Waals surface area contributed by atoms with Crippen molar-refractivity contribution in [3.63, 3.8) is 0 Å². The van der Waals surface area contributed by atoms with Crippen LogP contribution in [-0.2, 0) is 0 Å². The fourth-order valence-electron chi connectivity index (χ4n) is 1.64. The van der Waals surface area contributed by atoms with Gasteiger partial charge >= 0.3 is 0 Å². The summed E-state index contributed by atoms with van der Waals surface area (Å²) in [5, 5.41) is 2.82. The first-order valence-electron chi connectivity index (χ1n) is 6.12. The molecule has 104 valence electrons. The third kappa shape index (κ3) is 3.54. The molecule has 2 aromatic rings. The van der Waals surface area contributed by atoms with E-state index in [4.69, 9.17) is 4.74 Å². The van der Waals surface area contributed by atoms with E-state index in [0.29, 0.717) is 12.5 Å². The van der Waals surface area contributed by atoms with Crippen LogP contribution >= 0.6 is 15.9 Å². The highest BCUT2D eigenvalue weighted by molar-refractivity contribution is 9.10. The van der Waals surface area contributed by atoms with Crippen molar-refractivity contribution in [2.75, 3.05) is 11.9 Å². The molecule has 0 spiro atoms. The van der Waals surface area contributed by atoms with Crippen LogP contribution in [0, 0.1) is 6.92 Å². The summed E-state index contributed by atoms with van der Waals surface area (Å²) < 4.78 is 6.22. The maximum absolute atomic E-state index is 12.1. The molecular weight excluding hydrogens is 322 g/mol. The number of nitrogens with zero attached hydrogens (tertiary/aromatic N) is 2. The summed E-state index contributed by atoms with van der Waals surface area (Å²) in [6.45, 7) is 4.27. The van der Waals surface area contributed by atoms with E-state index in [2.05, 4.69) is 31.2 Å². The van der Waals surface area contributed by atoms with Gasteiger partial charge in [-0.25, -0.2) is 9.97 Å². The van der Waals surface area contributed by atoms with Crippen LogP contribution in [0.3, 0.4) is 0 Å². The maximum atomic E-state index is 12.1. The maximum Gasteiger partial charge on any atom is 0.274 e. The number of carbonyl (C=O) groups is 1. The second-order valence-corrected chi connectivity index (χ2v) is 5.00. The smallest absolute Gasteiger partial charge is 0.274 e. The lowest BCUT2D eigenvalue weighted by Gasteiger charge is -2.09. The number of hydrogen-bond acceptors (Lipinski definition) is 4. The van der Waals surface area contributed by atoms with E-state index in [1.165, 1.54) is 12.4 Å². The third-order valence-electron chi connectivity index (χ3n) is 2.60. The summed E-state index contributed by atoms with van der Waals surface area (Å²) in [5.41, 5.74) is 1.98. The normalized spacial score (nSPS) is 10.2. The lowest BCUT2D eigenvalue weighted by Crippen LogP contribution is -2.15. The molecule has 5 nitrogen and oxygen atoms in total. The first-order chi connectivity index (χ1) is 9.60. The molecule has 0 aliphatic carbocycles. The second-order valence-electron chi connectivity index (χ2n) is 4.09. The van der Waals surface area contributed by atoms with Gasteiger partial charge in [-0.1, -0.05) is 15.9 Å². The predicted molar refractivity (Wildman–Crippen MR) is 80.0 cm³/mol. The molecule has 1 aromatic carbocycles. The van der Waals surface area contributed by atoms with Gasteiger partial charge < -0.3 is 10.1 Å². The molecule has 0 radical (unpaired) electrons. The van der Waals surface area contributed by atoms with Gasteiger partial charge in [-0.15, -0.1) is 0 Å². The number of amides is 1. The van der Waals surface area contributed by atoms with E-state index < -0.39 is 0 Å². The summed E-state index contributed by atoms with van der Waals surface area (Å²) in [7, 11) is 0. The first kappa shape index (κ1) is 14.5.